The summed E-state index contributed by atoms with van der Waals surface area (Å²) in [5.74, 6) is -4.55. The van der Waals surface area contributed by atoms with Crippen LogP contribution in [0.5, 0.6) is 0 Å². The van der Waals surface area contributed by atoms with Gasteiger partial charge in [-0.15, -0.1) is 0 Å². The zero-order valence-corrected chi connectivity index (χ0v) is 21.5. The summed E-state index contributed by atoms with van der Waals surface area (Å²) in [6.45, 7) is 3.70. The van der Waals surface area contributed by atoms with Crippen LogP contribution in [-0.2, 0) is 47.6 Å². The zero-order chi connectivity index (χ0) is 27.3. The summed E-state index contributed by atoms with van der Waals surface area (Å²) < 4.78 is 31.6. The van der Waals surface area contributed by atoms with E-state index in [-0.39, 0.29) is 20.9 Å². The lowest BCUT2D eigenvalue weighted by Crippen LogP contribution is -2.63. The third kappa shape index (κ3) is 7.32. The van der Waals surface area contributed by atoms with E-state index in [0.717, 1.165) is 27.7 Å². The van der Waals surface area contributed by atoms with Crippen molar-refractivity contribution >= 4 is 70.3 Å². The second kappa shape index (κ2) is 12.4. The van der Waals surface area contributed by atoms with Crippen LogP contribution < -0.4 is 5.73 Å². The quantitative estimate of drug-likeness (QED) is 0.285. The fraction of sp³-hybridized carbons (Fsp3) is 0.500. The smallest absolute Gasteiger partial charge is 0.361 e. The van der Waals surface area contributed by atoms with Crippen LogP contribution in [0, 0.1) is 0 Å². The van der Waals surface area contributed by atoms with Crippen molar-refractivity contribution in [2.24, 2.45) is 0 Å². The summed E-state index contributed by atoms with van der Waals surface area (Å²) in [6.07, 6.45) is -7.77. The van der Waals surface area contributed by atoms with Crippen molar-refractivity contribution in [2.75, 3.05) is 12.3 Å². The van der Waals surface area contributed by atoms with Gasteiger partial charge in [0, 0.05) is 27.7 Å². The predicted octanol–water partition coefficient (Wildman–Crippen LogP) is 1.86. The van der Waals surface area contributed by atoms with Crippen LogP contribution in [0.1, 0.15) is 38.2 Å². The maximum atomic E-state index is 12.9. The number of carbonyl (C=O) groups is 5. The number of hydrogen-bond acceptors (Lipinski definition) is 13. The van der Waals surface area contributed by atoms with E-state index < -0.39 is 72.9 Å². The molecule has 0 saturated carbocycles. The van der Waals surface area contributed by atoms with Crippen LogP contribution in [0.3, 0.4) is 0 Å². The lowest BCUT2D eigenvalue weighted by atomic mass is 9.98. The lowest BCUT2D eigenvalue weighted by molar-refractivity contribution is -0.294. The van der Waals surface area contributed by atoms with Crippen LogP contribution in [0.2, 0.25) is 15.2 Å². The van der Waals surface area contributed by atoms with E-state index in [9.17, 15) is 24.0 Å². The molecule has 0 aliphatic carbocycles. The fourth-order valence-electron chi connectivity index (χ4n) is 3.11. The molecular weight excluding hydrogens is 551 g/mol. The molecule has 0 aromatic carbocycles. The monoisotopic (exact) mass is 570 g/mol. The fourth-order valence-corrected chi connectivity index (χ4v) is 3.70. The molecule has 1 aromatic rings. The minimum Gasteiger partial charge on any atom is -0.463 e. The van der Waals surface area contributed by atoms with Gasteiger partial charge in [-0.05, 0) is 0 Å². The maximum Gasteiger partial charge on any atom is 0.361 e. The molecule has 0 radical (unpaired) electrons. The molecule has 1 saturated heterocycles. The topological polar surface area (TPSA) is 180 Å². The molecule has 1 fully saturated rings. The van der Waals surface area contributed by atoms with E-state index in [0.29, 0.717) is 0 Å². The first-order valence-corrected chi connectivity index (χ1v) is 11.2. The molecule has 36 heavy (non-hydrogen) atoms. The molecule has 1 aliphatic heterocycles. The Morgan fingerprint density at radius 2 is 1.33 bits per heavy atom. The van der Waals surface area contributed by atoms with Crippen molar-refractivity contribution in [3.05, 3.63) is 20.9 Å². The number of carbonyl (C=O) groups excluding carboxylic acids is 5. The third-order valence-electron chi connectivity index (χ3n) is 4.44. The molecule has 2 rings (SSSR count). The molecular formula is C20H21Cl3N2O11. The predicted molar refractivity (Wildman–Crippen MR) is 121 cm³/mol. The van der Waals surface area contributed by atoms with Gasteiger partial charge < -0.3 is 34.2 Å². The van der Waals surface area contributed by atoms with Crippen molar-refractivity contribution in [2.45, 2.75) is 58.4 Å². The van der Waals surface area contributed by atoms with Crippen molar-refractivity contribution in [3.8, 4) is 0 Å². The number of nitrogens with two attached hydrogens (primary N) is 1. The number of anilines is 1. The minimum atomic E-state index is -1.80. The summed E-state index contributed by atoms with van der Waals surface area (Å²) in [5, 5.41) is -0.947. The van der Waals surface area contributed by atoms with Crippen LogP contribution in [0.15, 0.2) is 0 Å². The molecule has 0 unspecified atom stereocenters. The largest absolute Gasteiger partial charge is 0.463 e. The van der Waals surface area contributed by atoms with Crippen molar-refractivity contribution < 1.29 is 52.4 Å². The molecule has 2 N–H and O–H groups in total. The molecule has 0 spiro atoms. The molecule has 1 aliphatic rings. The third-order valence-corrected chi connectivity index (χ3v) is 5.57. The Balaban J connectivity index is 2.52. The standard InChI is InChI=1S/C20H21Cl3N2O11/c1-6(26)31-5-10-15(32-7(2)27)16(33-8(3)28)17(34-9(4)29)20(35-10)36-19(30)14-11(21)13(24)12(22)18(23)25-14/h10,15-17,20H,5H2,1-4H3,(H2,24,25)/t10-,15-,16+,17-,20+/m1/s1. The number of aromatic nitrogens is 1. The van der Waals surface area contributed by atoms with Gasteiger partial charge in [0.05, 0.1) is 10.7 Å². The van der Waals surface area contributed by atoms with Crippen LogP contribution >= 0.6 is 34.8 Å². The highest BCUT2D eigenvalue weighted by Crippen LogP contribution is 2.36. The van der Waals surface area contributed by atoms with E-state index >= 15 is 0 Å². The van der Waals surface area contributed by atoms with E-state index in [1.807, 2.05) is 0 Å². The molecule has 13 nitrogen and oxygen atoms in total. The zero-order valence-electron chi connectivity index (χ0n) is 19.2. The van der Waals surface area contributed by atoms with Crippen molar-refractivity contribution in [1.82, 2.24) is 4.98 Å². The number of halogens is 3. The summed E-state index contributed by atoms with van der Waals surface area (Å²) in [7, 11) is 0. The van der Waals surface area contributed by atoms with Crippen molar-refractivity contribution in [1.29, 1.82) is 0 Å². The first-order chi connectivity index (χ1) is 16.7. The number of rotatable bonds is 7. The first-order valence-electron chi connectivity index (χ1n) is 10.0. The molecule has 2 heterocycles. The Bertz CT molecular complexity index is 1070. The first kappa shape index (κ1) is 29.4. The van der Waals surface area contributed by atoms with Gasteiger partial charge in [-0.2, -0.15) is 0 Å². The Hall–Kier alpha value is -2.87. The van der Waals surface area contributed by atoms with Gasteiger partial charge in [0.15, 0.2) is 23.1 Å². The van der Waals surface area contributed by atoms with Gasteiger partial charge in [-0.25, -0.2) is 9.78 Å². The molecule has 5 atom stereocenters. The number of nitrogens with zero attached hydrogens (tertiary/aromatic N) is 1. The number of hydrogen-bond donors (Lipinski definition) is 1. The second-order valence-electron chi connectivity index (χ2n) is 7.27. The Morgan fingerprint density at radius 1 is 0.806 bits per heavy atom. The van der Waals surface area contributed by atoms with E-state index in [4.69, 9.17) is 69.0 Å². The molecule has 1 aromatic heterocycles. The number of ether oxygens (including phenoxy) is 6. The second-order valence-corrected chi connectivity index (χ2v) is 8.38. The van der Waals surface area contributed by atoms with E-state index in [1.54, 1.807) is 0 Å². The van der Waals surface area contributed by atoms with Gasteiger partial charge in [0.2, 0.25) is 12.4 Å². The minimum absolute atomic E-state index is 0.203. The van der Waals surface area contributed by atoms with Gasteiger partial charge in [-0.1, -0.05) is 34.8 Å². The molecule has 0 amide bonds. The Labute approximate surface area is 219 Å². The number of nitrogen functional groups attached to an aromatic ring is 1. The van der Waals surface area contributed by atoms with Crippen LogP contribution in [0.25, 0.3) is 0 Å². The molecule has 198 valence electrons. The maximum absolute atomic E-state index is 12.9. The summed E-state index contributed by atoms with van der Waals surface area (Å²) in [6, 6.07) is 0. The average molecular weight is 572 g/mol. The summed E-state index contributed by atoms with van der Waals surface area (Å²) >= 11 is 17.8. The Morgan fingerprint density at radius 3 is 1.86 bits per heavy atom. The summed E-state index contributed by atoms with van der Waals surface area (Å²) in [5.41, 5.74) is 4.91. The van der Waals surface area contributed by atoms with Crippen LogP contribution in [0.4, 0.5) is 5.69 Å². The van der Waals surface area contributed by atoms with Gasteiger partial charge in [-0.3, -0.25) is 19.2 Å². The molecule has 16 heteroatoms. The number of esters is 5. The summed E-state index contributed by atoms with van der Waals surface area (Å²) in [4.78, 5) is 63.5. The normalized spacial score (nSPS) is 23.2. The highest BCUT2D eigenvalue weighted by atomic mass is 35.5. The van der Waals surface area contributed by atoms with Gasteiger partial charge in [0.1, 0.15) is 17.7 Å². The Kier molecular flexibility index (Phi) is 10.1. The highest BCUT2D eigenvalue weighted by molar-refractivity contribution is 6.46. The molecule has 0 bridgehead atoms. The van der Waals surface area contributed by atoms with Gasteiger partial charge in [0.25, 0.3) is 0 Å². The number of pyridine rings is 1. The van der Waals surface area contributed by atoms with E-state index in [2.05, 4.69) is 4.98 Å². The van der Waals surface area contributed by atoms with Crippen LogP contribution in [-0.4, -0.2) is 72.1 Å². The average Bonchev–Trinajstić information content (AvgIpc) is 2.76. The van der Waals surface area contributed by atoms with E-state index in [1.165, 1.54) is 0 Å². The lowest BCUT2D eigenvalue weighted by Gasteiger charge is -2.43. The highest BCUT2D eigenvalue weighted by Gasteiger charge is 2.54. The van der Waals surface area contributed by atoms with Gasteiger partial charge >= 0.3 is 29.8 Å². The van der Waals surface area contributed by atoms with Crippen molar-refractivity contribution in [3.63, 3.8) is 0 Å². The SMILES string of the molecule is CC(=O)OC[C@H]1O[C@@H](OC(=O)c2nc(Cl)c(Cl)c(N)c2Cl)[C@H](OC(C)=O)[C@@H](OC(C)=O)[C@@H]1OC(C)=O.